The van der Waals surface area contributed by atoms with Crippen molar-refractivity contribution in [2.24, 2.45) is 0 Å². The van der Waals surface area contributed by atoms with Crippen LogP contribution in [0.5, 0.6) is 0 Å². The second kappa shape index (κ2) is 5.78. The van der Waals surface area contributed by atoms with Crippen molar-refractivity contribution < 1.29 is 9.50 Å². The van der Waals surface area contributed by atoms with Crippen LogP contribution >= 0.6 is 11.6 Å². The molecule has 110 valence electrons. The van der Waals surface area contributed by atoms with Gasteiger partial charge in [-0.1, -0.05) is 41.9 Å². The zero-order valence-electron chi connectivity index (χ0n) is 11.8. The molecule has 1 atom stereocenters. The van der Waals surface area contributed by atoms with Gasteiger partial charge in [0.15, 0.2) is 0 Å². The minimum absolute atomic E-state index is 0.00861. The van der Waals surface area contributed by atoms with Gasteiger partial charge in [0.2, 0.25) is 0 Å². The minimum Gasteiger partial charge on any atom is -0.395 e. The van der Waals surface area contributed by atoms with Crippen molar-refractivity contribution in [3.63, 3.8) is 0 Å². The molecule has 1 N–H and O–H groups in total. The van der Waals surface area contributed by atoms with E-state index in [2.05, 4.69) is 12.1 Å². The van der Waals surface area contributed by atoms with Gasteiger partial charge >= 0.3 is 0 Å². The first-order valence-electron chi connectivity index (χ1n) is 7.28. The number of benzene rings is 2. The molecule has 3 heteroatoms. The summed E-state index contributed by atoms with van der Waals surface area (Å²) in [5, 5.41) is 10.5. The van der Waals surface area contributed by atoms with Gasteiger partial charge in [-0.05, 0) is 48.9 Å². The van der Waals surface area contributed by atoms with Crippen LogP contribution < -0.4 is 0 Å². The Bertz CT molecular complexity index is 635. The van der Waals surface area contributed by atoms with Crippen LogP contribution in [0.25, 0.3) is 0 Å². The first-order chi connectivity index (χ1) is 10.2. The Hall–Kier alpha value is -1.38. The number of aliphatic hydroxyl groups is 1. The van der Waals surface area contributed by atoms with E-state index >= 15 is 0 Å². The lowest BCUT2D eigenvalue weighted by Crippen LogP contribution is -2.37. The highest BCUT2D eigenvalue weighted by Crippen LogP contribution is 2.41. The highest BCUT2D eigenvalue weighted by Gasteiger charge is 2.37. The molecule has 0 spiro atoms. The predicted molar refractivity (Wildman–Crippen MR) is 83.3 cm³/mol. The third kappa shape index (κ3) is 2.58. The van der Waals surface area contributed by atoms with Crippen LogP contribution in [-0.2, 0) is 18.3 Å². The first kappa shape index (κ1) is 14.6. The third-order valence-electron chi connectivity index (χ3n) is 4.57. The van der Waals surface area contributed by atoms with Gasteiger partial charge in [-0.15, -0.1) is 0 Å². The Morgan fingerprint density at radius 3 is 2.71 bits per heavy atom. The second-order valence-electron chi connectivity index (χ2n) is 5.83. The Kier molecular flexibility index (Phi) is 4.01. The van der Waals surface area contributed by atoms with Gasteiger partial charge < -0.3 is 5.11 Å². The van der Waals surface area contributed by atoms with Gasteiger partial charge in [0.05, 0.1) is 6.61 Å². The fourth-order valence-electron chi connectivity index (χ4n) is 3.45. The molecule has 0 heterocycles. The Morgan fingerprint density at radius 2 is 1.95 bits per heavy atom. The van der Waals surface area contributed by atoms with E-state index in [1.54, 1.807) is 12.1 Å². The molecular weight excluding hydrogens is 287 g/mol. The average molecular weight is 305 g/mol. The number of halogens is 2. The summed E-state index contributed by atoms with van der Waals surface area (Å²) in [5.74, 6) is -0.293. The summed E-state index contributed by atoms with van der Waals surface area (Å²) < 4.78 is 14.1. The van der Waals surface area contributed by atoms with Crippen LogP contribution in [0.3, 0.4) is 0 Å². The normalized spacial score (nSPS) is 21.1. The zero-order chi connectivity index (χ0) is 14.9. The summed E-state index contributed by atoms with van der Waals surface area (Å²) >= 11 is 6.17. The highest BCUT2D eigenvalue weighted by atomic mass is 35.5. The number of hydrogen-bond acceptors (Lipinski definition) is 1. The van der Waals surface area contributed by atoms with Crippen LogP contribution in [0.15, 0.2) is 42.5 Å². The first-order valence-corrected chi connectivity index (χ1v) is 7.66. The molecule has 3 rings (SSSR count). The van der Waals surface area contributed by atoms with E-state index in [0.29, 0.717) is 17.0 Å². The van der Waals surface area contributed by atoms with Gasteiger partial charge in [-0.3, -0.25) is 0 Å². The molecule has 2 aromatic carbocycles. The quantitative estimate of drug-likeness (QED) is 0.897. The SMILES string of the molecule is OCC1(Cc2c(F)cccc2Cl)CCCc2ccccc21. The van der Waals surface area contributed by atoms with E-state index in [1.807, 2.05) is 12.1 Å². The molecule has 2 aromatic rings. The van der Waals surface area contributed by atoms with Crippen LogP contribution in [0, 0.1) is 5.82 Å². The molecule has 0 aromatic heterocycles. The number of aliphatic hydroxyl groups excluding tert-OH is 1. The van der Waals surface area contributed by atoms with Crippen LogP contribution in [-0.4, -0.2) is 11.7 Å². The van der Waals surface area contributed by atoms with Crippen molar-refractivity contribution >= 4 is 11.6 Å². The summed E-state index contributed by atoms with van der Waals surface area (Å²) in [6.07, 6.45) is 3.31. The molecule has 0 aliphatic heterocycles. The standard InChI is InChI=1S/C18H18ClFO/c19-16-8-3-9-17(20)14(16)11-18(12-21)10-4-6-13-5-1-2-7-15(13)18/h1-3,5,7-9,21H,4,6,10-12H2. The average Bonchev–Trinajstić information content (AvgIpc) is 2.51. The molecule has 21 heavy (non-hydrogen) atoms. The van der Waals surface area contributed by atoms with Crippen molar-refractivity contribution in [3.8, 4) is 0 Å². The number of rotatable bonds is 3. The van der Waals surface area contributed by atoms with Gasteiger partial charge in [0.1, 0.15) is 5.82 Å². The predicted octanol–water partition coefficient (Wildman–Crippen LogP) is 4.29. The van der Waals surface area contributed by atoms with Crippen molar-refractivity contribution in [3.05, 3.63) is 70.0 Å². The Labute approximate surface area is 129 Å². The maximum Gasteiger partial charge on any atom is 0.127 e. The van der Waals surface area contributed by atoms with Gasteiger partial charge in [-0.25, -0.2) is 4.39 Å². The Morgan fingerprint density at radius 1 is 1.14 bits per heavy atom. The fourth-order valence-corrected chi connectivity index (χ4v) is 3.68. The molecule has 1 nitrogen and oxygen atoms in total. The van der Waals surface area contributed by atoms with Crippen molar-refractivity contribution in [1.82, 2.24) is 0 Å². The molecule has 0 amide bonds. The molecule has 1 unspecified atom stereocenters. The molecule has 0 fully saturated rings. The highest BCUT2D eigenvalue weighted by molar-refractivity contribution is 6.31. The summed E-state index contributed by atoms with van der Waals surface area (Å²) in [5.41, 5.74) is 2.47. The number of fused-ring (bicyclic) bond motifs is 1. The summed E-state index contributed by atoms with van der Waals surface area (Å²) in [6.45, 7) is 0.00861. The summed E-state index contributed by atoms with van der Waals surface area (Å²) in [7, 11) is 0. The van der Waals surface area contributed by atoms with Crippen LogP contribution in [0.4, 0.5) is 4.39 Å². The van der Waals surface area contributed by atoms with Crippen LogP contribution in [0.1, 0.15) is 29.5 Å². The molecule has 1 aliphatic rings. The van der Waals surface area contributed by atoms with Crippen LogP contribution in [0.2, 0.25) is 5.02 Å². The van der Waals surface area contributed by atoms with Crippen molar-refractivity contribution in [2.45, 2.75) is 31.1 Å². The fraction of sp³-hybridized carbons (Fsp3) is 0.333. The minimum atomic E-state index is -0.430. The molecule has 0 bridgehead atoms. The van der Waals surface area contributed by atoms with E-state index in [0.717, 1.165) is 24.8 Å². The number of aryl methyl sites for hydroxylation is 1. The lowest BCUT2D eigenvalue weighted by Gasteiger charge is -2.38. The molecule has 0 saturated heterocycles. The molecule has 0 radical (unpaired) electrons. The summed E-state index contributed by atoms with van der Waals surface area (Å²) in [6, 6.07) is 12.9. The Balaban J connectivity index is 2.07. The largest absolute Gasteiger partial charge is 0.395 e. The van der Waals surface area contributed by atoms with E-state index in [4.69, 9.17) is 11.6 Å². The number of hydrogen-bond donors (Lipinski definition) is 1. The molecule has 1 aliphatic carbocycles. The monoisotopic (exact) mass is 304 g/mol. The van der Waals surface area contributed by atoms with Crippen molar-refractivity contribution in [1.29, 1.82) is 0 Å². The van der Waals surface area contributed by atoms with E-state index < -0.39 is 5.41 Å². The van der Waals surface area contributed by atoms with E-state index in [-0.39, 0.29) is 12.4 Å². The smallest absolute Gasteiger partial charge is 0.127 e. The van der Waals surface area contributed by atoms with E-state index in [1.165, 1.54) is 11.6 Å². The second-order valence-corrected chi connectivity index (χ2v) is 6.23. The lowest BCUT2D eigenvalue weighted by molar-refractivity contribution is 0.172. The lowest BCUT2D eigenvalue weighted by atomic mass is 9.67. The maximum absolute atomic E-state index is 14.1. The summed E-state index contributed by atoms with van der Waals surface area (Å²) in [4.78, 5) is 0. The van der Waals surface area contributed by atoms with Crippen molar-refractivity contribution in [2.75, 3.05) is 6.61 Å². The van der Waals surface area contributed by atoms with Gasteiger partial charge in [0, 0.05) is 16.0 Å². The van der Waals surface area contributed by atoms with Gasteiger partial charge in [0.25, 0.3) is 0 Å². The molecular formula is C18H18ClFO. The topological polar surface area (TPSA) is 20.2 Å². The molecule has 0 saturated carbocycles. The zero-order valence-corrected chi connectivity index (χ0v) is 12.5. The van der Waals surface area contributed by atoms with Gasteiger partial charge in [-0.2, -0.15) is 0 Å². The van der Waals surface area contributed by atoms with E-state index in [9.17, 15) is 9.50 Å². The third-order valence-corrected chi connectivity index (χ3v) is 4.92. The maximum atomic E-state index is 14.1.